The Balaban J connectivity index is 2.11. The van der Waals surface area contributed by atoms with Crippen molar-refractivity contribution in [2.75, 3.05) is 13.2 Å². The zero-order valence-corrected chi connectivity index (χ0v) is 10.3. The Morgan fingerprint density at radius 3 is 2.33 bits per heavy atom. The lowest BCUT2D eigenvalue weighted by Gasteiger charge is -2.27. The molecule has 1 saturated carbocycles. The molecular formula is C13H27NO. The van der Waals surface area contributed by atoms with Crippen LogP contribution in [-0.2, 0) is 4.74 Å². The molecule has 0 aromatic rings. The summed E-state index contributed by atoms with van der Waals surface area (Å²) in [5.41, 5.74) is 6.34. The minimum atomic E-state index is -0.0112. The highest BCUT2D eigenvalue weighted by Gasteiger charge is 2.26. The van der Waals surface area contributed by atoms with Crippen LogP contribution >= 0.6 is 0 Å². The predicted molar refractivity (Wildman–Crippen MR) is 65.0 cm³/mol. The first-order valence-corrected chi connectivity index (χ1v) is 6.63. The Morgan fingerprint density at radius 2 is 1.73 bits per heavy atom. The van der Waals surface area contributed by atoms with E-state index in [1.165, 1.54) is 44.9 Å². The zero-order valence-electron chi connectivity index (χ0n) is 10.3. The highest BCUT2D eigenvalue weighted by Crippen LogP contribution is 2.25. The molecule has 2 N–H and O–H groups in total. The Morgan fingerprint density at radius 1 is 1.07 bits per heavy atom. The maximum absolute atomic E-state index is 6.35. The lowest BCUT2D eigenvalue weighted by molar-refractivity contribution is 0.0754. The molecule has 1 fully saturated rings. The van der Waals surface area contributed by atoms with Gasteiger partial charge in [-0.05, 0) is 19.3 Å². The van der Waals surface area contributed by atoms with Crippen LogP contribution in [0.5, 0.6) is 0 Å². The van der Waals surface area contributed by atoms with Gasteiger partial charge in [0.15, 0.2) is 0 Å². The van der Waals surface area contributed by atoms with Crippen LogP contribution in [0.1, 0.15) is 64.7 Å². The van der Waals surface area contributed by atoms with Gasteiger partial charge in [0.1, 0.15) is 0 Å². The van der Waals surface area contributed by atoms with Gasteiger partial charge in [-0.2, -0.15) is 0 Å². The van der Waals surface area contributed by atoms with Gasteiger partial charge in [-0.15, -0.1) is 0 Å². The number of ether oxygens (including phenoxy) is 1. The Kier molecular flexibility index (Phi) is 6.26. The van der Waals surface area contributed by atoms with Crippen LogP contribution in [0.25, 0.3) is 0 Å². The molecule has 2 heteroatoms. The Labute approximate surface area is 94.6 Å². The molecule has 0 aliphatic heterocycles. The third-order valence-electron chi connectivity index (χ3n) is 3.38. The van der Waals surface area contributed by atoms with E-state index in [2.05, 4.69) is 6.92 Å². The van der Waals surface area contributed by atoms with E-state index < -0.39 is 0 Å². The minimum absolute atomic E-state index is 0.0112. The van der Waals surface area contributed by atoms with E-state index in [1.807, 2.05) is 0 Å². The normalized spacial score (nSPS) is 21.2. The van der Waals surface area contributed by atoms with Crippen LogP contribution < -0.4 is 5.73 Å². The molecule has 15 heavy (non-hydrogen) atoms. The van der Waals surface area contributed by atoms with Gasteiger partial charge in [-0.25, -0.2) is 0 Å². The Bertz CT molecular complexity index is 151. The molecule has 1 rings (SSSR count). The van der Waals surface area contributed by atoms with Crippen LogP contribution in [-0.4, -0.2) is 18.8 Å². The lowest BCUT2D eigenvalue weighted by atomic mass is 9.93. The van der Waals surface area contributed by atoms with Crippen molar-refractivity contribution in [1.29, 1.82) is 0 Å². The highest BCUT2D eigenvalue weighted by atomic mass is 16.5. The van der Waals surface area contributed by atoms with Gasteiger partial charge in [0.05, 0.1) is 6.61 Å². The van der Waals surface area contributed by atoms with E-state index in [1.54, 1.807) is 0 Å². The van der Waals surface area contributed by atoms with Gasteiger partial charge in [-0.3, -0.25) is 0 Å². The molecule has 0 aromatic carbocycles. The smallest absolute Gasteiger partial charge is 0.0646 e. The number of hydrogen-bond acceptors (Lipinski definition) is 2. The molecule has 0 spiro atoms. The number of rotatable bonds is 6. The maximum Gasteiger partial charge on any atom is 0.0646 e. The summed E-state index contributed by atoms with van der Waals surface area (Å²) in [6.45, 7) is 3.89. The summed E-state index contributed by atoms with van der Waals surface area (Å²) in [7, 11) is 0. The summed E-state index contributed by atoms with van der Waals surface area (Å²) in [6, 6.07) is 0. The van der Waals surface area contributed by atoms with Crippen molar-refractivity contribution in [1.82, 2.24) is 0 Å². The van der Waals surface area contributed by atoms with Crippen molar-refractivity contribution in [2.24, 2.45) is 5.73 Å². The predicted octanol–water partition coefficient (Wildman–Crippen LogP) is 3.24. The molecule has 0 bridgehead atoms. The third kappa shape index (κ3) is 5.53. The van der Waals surface area contributed by atoms with Gasteiger partial charge in [0.2, 0.25) is 0 Å². The number of nitrogens with two attached hydrogens (primary N) is 1. The third-order valence-corrected chi connectivity index (χ3v) is 3.38. The van der Waals surface area contributed by atoms with E-state index >= 15 is 0 Å². The monoisotopic (exact) mass is 213 g/mol. The van der Waals surface area contributed by atoms with E-state index in [0.29, 0.717) is 0 Å². The second-order valence-corrected chi connectivity index (χ2v) is 5.04. The molecule has 0 radical (unpaired) electrons. The van der Waals surface area contributed by atoms with Crippen LogP contribution in [0.4, 0.5) is 0 Å². The largest absolute Gasteiger partial charge is 0.380 e. The van der Waals surface area contributed by atoms with Gasteiger partial charge < -0.3 is 10.5 Å². The average Bonchev–Trinajstić information content (AvgIpc) is 2.43. The summed E-state index contributed by atoms with van der Waals surface area (Å²) in [5, 5.41) is 0. The minimum Gasteiger partial charge on any atom is -0.380 e. The summed E-state index contributed by atoms with van der Waals surface area (Å²) >= 11 is 0. The topological polar surface area (TPSA) is 35.2 Å². The van der Waals surface area contributed by atoms with E-state index in [0.717, 1.165) is 26.1 Å². The number of unbranched alkanes of at least 4 members (excludes halogenated alkanes) is 2. The molecule has 0 heterocycles. The van der Waals surface area contributed by atoms with Gasteiger partial charge >= 0.3 is 0 Å². The first-order chi connectivity index (χ1) is 7.27. The molecule has 90 valence electrons. The molecule has 0 unspecified atom stereocenters. The van der Waals surface area contributed by atoms with Gasteiger partial charge in [0.25, 0.3) is 0 Å². The molecule has 0 saturated heterocycles. The number of hydrogen-bond donors (Lipinski definition) is 1. The maximum atomic E-state index is 6.35. The molecule has 0 atom stereocenters. The van der Waals surface area contributed by atoms with Crippen LogP contribution in [0.3, 0.4) is 0 Å². The molecular weight excluding hydrogens is 186 g/mol. The standard InChI is InChI=1S/C13H27NO/c1-2-3-8-11-15-12-13(14)9-6-4-5-7-10-13/h2-12,14H2,1H3. The first-order valence-electron chi connectivity index (χ1n) is 6.63. The van der Waals surface area contributed by atoms with Crippen molar-refractivity contribution in [3.63, 3.8) is 0 Å². The fourth-order valence-electron chi connectivity index (χ4n) is 2.31. The second-order valence-electron chi connectivity index (χ2n) is 5.04. The fraction of sp³-hybridized carbons (Fsp3) is 1.00. The molecule has 1 aliphatic carbocycles. The second kappa shape index (κ2) is 7.24. The van der Waals surface area contributed by atoms with Gasteiger partial charge in [-0.1, -0.05) is 45.4 Å². The zero-order chi connectivity index (χ0) is 11.0. The summed E-state index contributed by atoms with van der Waals surface area (Å²) in [4.78, 5) is 0. The fourth-order valence-corrected chi connectivity index (χ4v) is 2.31. The molecule has 1 aliphatic rings. The van der Waals surface area contributed by atoms with Crippen molar-refractivity contribution in [3.05, 3.63) is 0 Å². The Hall–Kier alpha value is -0.0800. The quantitative estimate of drug-likeness (QED) is 0.543. The average molecular weight is 213 g/mol. The van der Waals surface area contributed by atoms with Crippen molar-refractivity contribution < 1.29 is 4.74 Å². The van der Waals surface area contributed by atoms with E-state index in [9.17, 15) is 0 Å². The van der Waals surface area contributed by atoms with Crippen LogP contribution in [0.15, 0.2) is 0 Å². The van der Waals surface area contributed by atoms with Crippen molar-refractivity contribution in [2.45, 2.75) is 70.3 Å². The highest BCUT2D eigenvalue weighted by molar-refractivity contribution is 4.85. The first kappa shape index (κ1) is 13.0. The lowest BCUT2D eigenvalue weighted by Crippen LogP contribution is -2.44. The van der Waals surface area contributed by atoms with E-state index in [-0.39, 0.29) is 5.54 Å². The molecule has 0 aromatic heterocycles. The summed E-state index contributed by atoms with van der Waals surface area (Å²) in [5.74, 6) is 0. The summed E-state index contributed by atoms with van der Waals surface area (Å²) in [6.07, 6.45) is 11.3. The van der Waals surface area contributed by atoms with Crippen molar-refractivity contribution >= 4 is 0 Å². The molecule has 0 amide bonds. The van der Waals surface area contributed by atoms with Crippen LogP contribution in [0, 0.1) is 0 Å². The summed E-state index contributed by atoms with van der Waals surface area (Å²) < 4.78 is 5.71. The van der Waals surface area contributed by atoms with Crippen molar-refractivity contribution in [3.8, 4) is 0 Å². The van der Waals surface area contributed by atoms with E-state index in [4.69, 9.17) is 10.5 Å². The van der Waals surface area contributed by atoms with Crippen LogP contribution in [0.2, 0.25) is 0 Å². The SMILES string of the molecule is CCCCCOCC1(N)CCCCCC1. The van der Waals surface area contributed by atoms with Gasteiger partial charge in [0, 0.05) is 12.1 Å². The molecule has 2 nitrogen and oxygen atoms in total.